The molecule has 0 aliphatic heterocycles. The van der Waals surface area contributed by atoms with Crippen LogP contribution in [0.5, 0.6) is 0 Å². The van der Waals surface area contributed by atoms with Crippen LogP contribution in [0.3, 0.4) is 0 Å². The Morgan fingerprint density at radius 1 is 1.38 bits per heavy atom. The van der Waals surface area contributed by atoms with E-state index < -0.39 is 18.7 Å². The lowest BCUT2D eigenvalue weighted by Crippen LogP contribution is -2.29. The van der Waals surface area contributed by atoms with Crippen LogP contribution in [-0.4, -0.2) is 23.2 Å². The summed E-state index contributed by atoms with van der Waals surface area (Å²) in [6, 6.07) is 0. The second-order valence-electron chi connectivity index (χ2n) is 3.22. The van der Waals surface area contributed by atoms with Crippen molar-refractivity contribution in [1.29, 1.82) is 0 Å². The number of ketones is 1. The molecule has 0 aliphatic carbocycles. The molecule has 0 fully saturated rings. The van der Waals surface area contributed by atoms with Gasteiger partial charge in [0, 0.05) is 12.3 Å². The lowest BCUT2D eigenvalue weighted by molar-refractivity contribution is -0.205. The van der Waals surface area contributed by atoms with Crippen molar-refractivity contribution in [3.05, 3.63) is 0 Å². The standard InChI is InChI=1S/C8H13F3O2/c1-5(2)6(12)3-4-7(13)8(9,10)11/h5,7,13H,3-4H2,1-2H3. The molecule has 0 aromatic rings. The topological polar surface area (TPSA) is 37.3 Å². The van der Waals surface area contributed by atoms with Crippen LogP contribution >= 0.6 is 0 Å². The molecule has 0 spiro atoms. The summed E-state index contributed by atoms with van der Waals surface area (Å²) in [5.41, 5.74) is 0. The van der Waals surface area contributed by atoms with Crippen LogP contribution in [0.4, 0.5) is 13.2 Å². The van der Waals surface area contributed by atoms with Gasteiger partial charge in [-0.2, -0.15) is 13.2 Å². The highest BCUT2D eigenvalue weighted by molar-refractivity contribution is 5.80. The fourth-order valence-corrected chi connectivity index (χ4v) is 0.731. The van der Waals surface area contributed by atoms with Gasteiger partial charge in [0.25, 0.3) is 0 Å². The Labute approximate surface area is 74.7 Å². The second-order valence-corrected chi connectivity index (χ2v) is 3.22. The third-order valence-corrected chi connectivity index (χ3v) is 1.69. The molecule has 0 amide bonds. The predicted molar refractivity (Wildman–Crippen MR) is 41.1 cm³/mol. The molecule has 13 heavy (non-hydrogen) atoms. The summed E-state index contributed by atoms with van der Waals surface area (Å²) in [5.74, 6) is -0.538. The maximum Gasteiger partial charge on any atom is 0.414 e. The van der Waals surface area contributed by atoms with Crippen LogP contribution in [-0.2, 0) is 4.79 Å². The molecule has 0 saturated carbocycles. The summed E-state index contributed by atoms with van der Waals surface area (Å²) in [5, 5.41) is 8.54. The molecule has 2 nitrogen and oxygen atoms in total. The SMILES string of the molecule is CC(C)C(=O)CCC(O)C(F)(F)F. The molecule has 0 rings (SSSR count). The zero-order valence-electron chi connectivity index (χ0n) is 7.56. The molecular weight excluding hydrogens is 185 g/mol. The highest BCUT2D eigenvalue weighted by Crippen LogP contribution is 2.23. The molecule has 1 atom stereocenters. The predicted octanol–water partition coefficient (Wildman–Crippen LogP) is 1.91. The minimum absolute atomic E-state index is 0.224. The molecule has 0 aromatic heterocycles. The van der Waals surface area contributed by atoms with Gasteiger partial charge in [-0.3, -0.25) is 4.79 Å². The molecule has 0 bridgehead atoms. The van der Waals surface area contributed by atoms with Crippen LogP contribution in [0.15, 0.2) is 0 Å². The number of aliphatic hydroxyl groups excluding tert-OH is 1. The van der Waals surface area contributed by atoms with Gasteiger partial charge in [-0.05, 0) is 6.42 Å². The van der Waals surface area contributed by atoms with Gasteiger partial charge in [-0.25, -0.2) is 0 Å². The molecule has 1 N–H and O–H groups in total. The normalized spacial score (nSPS) is 14.7. The number of rotatable bonds is 4. The zero-order chi connectivity index (χ0) is 10.6. The van der Waals surface area contributed by atoms with Crippen LogP contribution in [0.25, 0.3) is 0 Å². The molecule has 0 aromatic carbocycles. The van der Waals surface area contributed by atoms with Gasteiger partial charge in [0.05, 0.1) is 0 Å². The second kappa shape index (κ2) is 4.60. The number of hydrogen-bond acceptors (Lipinski definition) is 2. The fourth-order valence-electron chi connectivity index (χ4n) is 0.731. The van der Waals surface area contributed by atoms with Crippen LogP contribution in [0.1, 0.15) is 26.7 Å². The molecule has 1 unspecified atom stereocenters. The molecule has 78 valence electrons. The summed E-state index contributed by atoms with van der Waals surface area (Å²) in [4.78, 5) is 10.9. The summed E-state index contributed by atoms with van der Waals surface area (Å²) in [7, 11) is 0. The van der Waals surface area contributed by atoms with E-state index in [0.717, 1.165) is 0 Å². The van der Waals surface area contributed by atoms with Gasteiger partial charge in [0.2, 0.25) is 0 Å². The Morgan fingerprint density at radius 2 is 1.85 bits per heavy atom. The molecule has 0 aliphatic rings. The number of carbonyl (C=O) groups is 1. The molecule has 0 heterocycles. The van der Waals surface area contributed by atoms with Crippen molar-refractivity contribution in [3.63, 3.8) is 0 Å². The number of aliphatic hydroxyl groups is 1. The zero-order valence-corrected chi connectivity index (χ0v) is 7.56. The summed E-state index contributed by atoms with van der Waals surface area (Å²) < 4.78 is 35.2. The number of halogens is 3. The molecule has 5 heteroatoms. The van der Waals surface area contributed by atoms with Gasteiger partial charge in [-0.1, -0.05) is 13.8 Å². The molecule has 0 radical (unpaired) electrons. The lowest BCUT2D eigenvalue weighted by atomic mass is 10.0. The summed E-state index contributed by atoms with van der Waals surface area (Å²) >= 11 is 0. The molecular formula is C8H13F3O2. The van der Waals surface area contributed by atoms with Gasteiger partial charge in [0.15, 0.2) is 0 Å². The Hall–Kier alpha value is -0.580. The average molecular weight is 198 g/mol. The first-order valence-electron chi connectivity index (χ1n) is 4.02. The Kier molecular flexibility index (Phi) is 4.39. The van der Waals surface area contributed by atoms with Crippen molar-refractivity contribution in [2.45, 2.75) is 39.0 Å². The van der Waals surface area contributed by atoms with E-state index >= 15 is 0 Å². The van der Waals surface area contributed by atoms with E-state index in [9.17, 15) is 18.0 Å². The third kappa shape index (κ3) is 4.87. The highest BCUT2D eigenvalue weighted by atomic mass is 19.4. The van der Waals surface area contributed by atoms with Crippen molar-refractivity contribution >= 4 is 5.78 Å². The number of alkyl halides is 3. The maximum absolute atomic E-state index is 11.7. The first-order valence-corrected chi connectivity index (χ1v) is 4.02. The van der Waals surface area contributed by atoms with Crippen LogP contribution in [0, 0.1) is 5.92 Å². The maximum atomic E-state index is 11.7. The van der Waals surface area contributed by atoms with Gasteiger partial charge in [0.1, 0.15) is 11.9 Å². The first kappa shape index (κ1) is 12.4. The largest absolute Gasteiger partial charge is 0.414 e. The number of hydrogen-bond donors (Lipinski definition) is 1. The van der Waals surface area contributed by atoms with Crippen LogP contribution in [0.2, 0.25) is 0 Å². The minimum Gasteiger partial charge on any atom is -0.384 e. The van der Waals surface area contributed by atoms with Gasteiger partial charge < -0.3 is 5.11 Å². The van der Waals surface area contributed by atoms with E-state index in [4.69, 9.17) is 5.11 Å². The van der Waals surface area contributed by atoms with Crippen LogP contribution < -0.4 is 0 Å². The van der Waals surface area contributed by atoms with Crippen molar-refractivity contribution in [2.75, 3.05) is 0 Å². The van der Waals surface area contributed by atoms with E-state index in [-0.39, 0.29) is 18.1 Å². The van der Waals surface area contributed by atoms with Gasteiger partial charge in [-0.15, -0.1) is 0 Å². The lowest BCUT2D eigenvalue weighted by Gasteiger charge is -2.14. The fraction of sp³-hybridized carbons (Fsp3) is 0.875. The number of Topliss-reactive ketones (excluding diaryl/α,β-unsaturated/α-hetero) is 1. The average Bonchev–Trinajstić information content (AvgIpc) is 1.97. The molecule has 0 saturated heterocycles. The Morgan fingerprint density at radius 3 is 2.15 bits per heavy atom. The Balaban J connectivity index is 3.84. The van der Waals surface area contributed by atoms with Crippen molar-refractivity contribution in [1.82, 2.24) is 0 Å². The number of carbonyl (C=O) groups excluding carboxylic acids is 1. The Bertz CT molecular complexity index is 175. The quantitative estimate of drug-likeness (QED) is 0.749. The third-order valence-electron chi connectivity index (χ3n) is 1.69. The van der Waals surface area contributed by atoms with Crippen molar-refractivity contribution < 1.29 is 23.1 Å². The van der Waals surface area contributed by atoms with Crippen molar-refractivity contribution in [3.8, 4) is 0 Å². The monoisotopic (exact) mass is 198 g/mol. The van der Waals surface area contributed by atoms with E-state index in [1.54, 1.807) is 13.8 Å². The first-order chi connectivity index (χ1) is 5.75. The minimum atomic E-state index is -4.61. The van der Waals surface area contributed by atoms with E-state index in [0.29, 0.717) is 0 Å². The highest BCUT2D eigenvalue weighted by Gasteiger charge is 2.37. The van der Waals surface area contributed by atoms with Crippen molar-refractivity contribution in [2.24, 2.45) is 5.92 Å². The van der Waals surface area contributed by atoms with E-state index in [2.05, 4.69) is 0 Å². The van der Waals surface area contributed by atoms with E-state index in [1.807, 2.05) is 0 Å². The smallest absolute Gasteiger partial charge is 0.384 e. The summed E-state index contributed by atoms with van der Waals surface area (Å²) in [6.07, 6.45) is -7.76. The summed E-state index contributed by atoms with van der Waals surface area (Å²) in [6.45, 7) is 3.23. The van der Waals surface area contributed by atoms with E-state index in [1.165, 1.54) is 0 Å². The van der Waals surface area contributed by atoms with Gasteiger partial charge >= 0.3 is 6.18 Å².